The Kier molecular flexibility index (Phi) is 4.75. The van der Waals surface area contributed by atoms with Gasteiger partial charge in [0.1, 0.15) is 0 Å². The summed E-state index contributed by atoms with van der Waals surface area (Å²) in [6.45, 7) is 0. The second kappa shape index (κ2) is 6.82. The molecule has 1 heterocycles. The molecular formula is C19H18FN3OSe. The molecule has 6 heteroatoms. The van der Waals surface area contributed by atoms with E-state index in [0.717, 1.165) is 11.3 Å². The molecule has 0 saturated carbocycles. The van der Waals surface area contributed by atoms with E-state index in [2.05, 4.69) is 15.6 Å². The summed E-state index contributed by atoms with van der Waals surface area (Å²) >= 11 is 2.93. The molecule has 1 fully saturated rings. The van der Waals surface area contributed by atoms with E-state index in [1.807, 2.05) is 56.4 Å². The molecule has 0 bridgehead atoms. The van der Waals surface area contributed by atoms with E-state index >= 15 is 0 Å². The first-order chi connectivity index (χ1) is 11.9. The van der Waals surface area contributed by atoms with Crippen molar-refractivity contribution in [2.24, 2.45) is 0 Å². The Hall–Kier alpha value is -2.43. The zero-order chi connectivity index (χ0) is 18.1. The number of rotatable bonds is 3. The average Bonchev–Trinajstić information content (AvgIpc) is 2.80. The molecule has 1 saturated heterocycles. The van der Waals surface area contributed by atoms with Crippen molar-refractivity contribution < 1.29 is 9.18 Å². The maximum atomic E-state index is 13.2. The Labute approximate surface area is 154 Å². The Morgan fingerprint density at radius 3 is 2.20 bits per heavy atom. The summed E-state index contributed by atoms with van der Waals surface area (Å²) in [5.74, 6) is -0.485. The van der Waals surface area contributed by atoms with Crippen LogP contribution in [0.5, 0.6) is 0 Å². The summed E-state index contributed by atoms with van der Waals surface area (Å²) in [4.78, 5) is 18.2. The van der Waals surface area contributed by atoms with Crippen molar-refractivity contribution in [3.63, 3.8) is 0 Å². The number of carbonyl (C=O) groups is 1. The summed E-state index contributed by atoms with van der Waals surface area (Å²) in [5, 5.41) is 0. The zero-order valence-electron chi connectivity index (χ0n) is 14.2. The summed E-state index contributed by atoms with van der Waals surface area (Å²) in [6.07, 6.45) is 1.85. The number of hydrogen-bond donors (Lipinski definition) is 0. The van der Waals surface area contributed by atoms with E-state index in [1.165, 1.54) is 12.1 Å². The summed E-state index contributed by atoms with van der Waals surface area (Å²) in [5.41, 5.74) is 3.21. The molecular weight excluding hydrogens is 384 g/mol. The molecule has 0 unspecified atom stereocenters. The van der Waals surface area contributed by atoms with Crippen LogP contribution in [0.3, 0.4) is 0 Å². The van der Waals surface area contributed by atoms with Crippen LogP contribution in [0.1, 0.15) is 5.56 Å². The number of carbonyl (C=O) groups excluding carboxylic acids is 1. The van der Waals surface area contributed by atoms with Gasteiger partial charge in [-0.2, -0.15) is 0 Å². The molecule has 0 atom stereocenters. The standard InChI is InChI=1S/C19H18FN3OSe/c1-21(2)15-8-4-13(5-9-15)12-17-18(24)23(19(25)22(17)3)16-10-6-14(20)7-11-16/h4-12H,1-3H3/b17-12+. The van der Waals surface area contributed by atoms with Crippen LogP contribution in [-0.2, 0) is 4.79 Å². The van der Waals surface area contributed by atoms with Gasteiger partial charge >= 0.3 is 154 Å². The van der Waals surface area contributed by atoms with Crippen molar-refractivity contribution in [2.75, 3.05) is 30.9 Å². The van der Waals surface area contributed by atoms with Crippen molar-refractivity contribution in [1.82, 2.24) is 4.90 Å². The van der Waals surface area contributed by atoms with Crippen molar-refractivity contribution in [1.29, 1.82) is 0 Å². The van der Waals surface area contributed by atoms with Gasteiger partial charge in [-0.1, -0.05) is 0 Å². The quantitative estimate of drug-likeness (QED) is 0.583. The molecule has 0 spiro atoms. The molecule has 25 heavy (non-hydrogen) atoms. The van der Waals surface area contributed by atoms with Crippen LogP contribution in [0.25, 0.3) is 6.08 Å². The molecule has 128 valence electrons. The minimum absolute atomic E-state index is 0.153. The van der Waals surface area contributed by atoms with Crippen LogP contribution in [0.2, 0.25) is 0 Å². The maximum absolute atomic E-state index is 13.2. The fourth-order valence-electron chi connectivity index (χ4n) is 2.60. The van der Waals surface area contributed by atoms with Gasteiger partial charge in [-0.05, 0) is 0 Å². The molecule has 3 rings (SSSR count). The van der Waals surface area contributed by atoms with Gasteiger partial charge in [-0.25, -0.2) is 0 Å². The summed E-state index contributed by atoms with van der Waals surface area (Å²) < 4.78 is 13.8. The molecule has 2 aromatic rings. The number of likely N-dealkylation sites (N-methyl/N-ethyl adjacent to an activating group) is 1. The number of amides is 1. The van der Waals surface area contributed by atoms with Gasteiger partial charge in [0.05, 0.1) is 0 Å². The molecule has 1 aliphatic heterocycles. The van der Waals surface area contributed by atoms with Gasteiger partial charge in [0, 0.05) is 0 Å². The van der Waals surface area contributed by atoms with Gasteiger partial charge in [0.2, 0.25) is 0 Å². The third-order valence-corrected chi connectivity index (χ3v) is 5.02. The van der Waals surface area contributed by atoms with Gasteiger partial charge in [-0.3, -0.25) is 0 Å². The summed E-state index contributed by atoms with van der Waals surface area (Å²) in [6, 6.07) is 13.8. The monoisotopic (exact) mass is 403 g/mol. The van der Waals surface area contributed by atoms with Gasteiger partial charge in [-0.15, -0.1) is 0 Å². The predicted molar refractivity (Wildman–Crippen MR) is 101 cm³/mol. The third kappa shape index (κ3) is 3.36. The fourth-order valence-corrected chi connectivity index (χ4v) is 3.20. The van der Waals surface area contributed by atoms with Crippen molar-refractivity contribution >= 4 is 43.6 Å². The number of halogens is 1. The van der Waals surface area contributed by atoms with Crippen LogP contribution < -0.4 is 9.80 Å². The fraction of sp³-hybridized carbons (Fsp3) is 0.158. The van der Waals surface area contributed by atoms with Crippen molar-refractivity contribution in [3.05, 3.63) is 65.6 Å². The van der Waals surface area contributed by atoms with Crippen molar-refractivity contribution in [3.8, 4) is 0 Å². The van der Waals surface area contributed by atoms with Crippen LogP contribution in [0.4, 0.5) is 15.8 Å². The SMILES string of the molecule is CN1C(=[Se])N(c2ccc(F)cc2)C(=O)/C1=C\c1ccc(N(C)C)cc1. The Bertz CT molecular complexity index is 844. The Morgan fingerprint density at radius 1 is 1.04 bits per heavy atom. The molecule has 0 aromatic heterocycles. The Morgan fingerprint density at radius 2 is 1.64 bits per heavy atom. The van der Waals surface area contributed by atoms with E-state index in [-0.39, 0.29) is 11.7 Å². The van der Waals surface area contributed by atoms with Gasteiger partial charge < -0.3 is 0 Å². The minimum atomic E-state index is -0.331. The molecule has 0 radical (unpaired) electrons. The number of benzene rings is 2. The number of hydrogen-bond acceptors (Lipinski definition) is 3. The van der Waals surface area contributed by atoms with Gasteiger partial charge in [0.15, 0.2) is 0 Å². The van der Waals surface area contributed by atoms with E-state index in [1.54, 1.807) is 21.9 Å². The van der Waals surface area contributed by atoms with Crippen LogP contribution in [0.15, 0.2) is 54.2 Å². The second-order valence-corrected chi connectivity index (χ2v) is 6.74. The molecule has 1 aliphatic rings. The predicted octanol–water partition coefficient (Wildman–Crippen LogP) is 2.47. The molecule has 2 aromatic carbocycles. The van der Waals surface area contributed by atoms with E-state index in [0.29, 0.717) is 16.0 Å². The van der Waals surface area contributed by atoms with Gasteiger partial charge in [0.25, 0.3) is 0 Å². The Balaban J connectivity index is 1.93. The third-order valence-electron chi connectivity index (χ3n) is 4.06. The molecule has 4 nitrogen and oxygen atoms in total. The van der Waals surface area contributed by atoms with E-state index in [4.69, 9.17) is 0 Å². The zero-order valence-corrected chi connectivity index (χ0v) is 15.9. The topological polar surface area (TPSA) is 26.8 Å². The number of nitrogens with zero attached hydrogens (tertiary/aromatic N) is 3. The van der Waals surface area contributed by atoms with Crippen LogP contribution in [0, 0.1) is 5.82 Å². The summed E-state index contributed by atoms with van der Waals surface area (Å²) in [7, 11) is 5.79. The van der Waals surface area contributed by atoms with E-state index < -0.39 is 0 Å². The molecule has 0 N–H and O–H groups in total. The molecule has 1 amide bonds. The van der Waals surface area contributed by atoms with Crippen LogP contribution in [-0.4, -0.2) is 52.2 Å². The normalized spacial score (nSPS) is 16.1. The number of anilines is 2. The average molecular weight is 402 g/mol. The first-order valence-corrected chi connectivity index (χ1v) is 8.61. The first-order valence-electron chi connectivity index (χ1n) is 7.75. The van der Waals surface area contributed by atoms with Crippen LogP contribution >= 0.6 is 0 Å². The second-order valence-electron chi connectivity index (χ2n) is 5.97. The first kappa shape index (κ1) is 17.4. The van der Waals surface area contributed by atoms with E-state index in [9.17, 15) is 9.18 Å². The van der Waals surface area contributed by atoms with Crippen molar-refractivity contribution in [2.45, 2.75) is 0 Å². The molecule has 0 aliphatic carbocycles.